The van der Waals surface area contributed by atoms with Gasteiger partial charge in [0.25, 0.3) is 10.0 Å². The van der Waals surface area contributed by atoms with Crippen molar-refractivity contribution in [3.05, 3.63) is 95.0 Å². The summed E-state index contributed by atoms with van der Waals surface area (Å²) in [7, 11) is -2.66. The molecule has 7 nitrogen and oxygen atoms in total. The van der Waals surface area contributed by atoms with E-state index in [1.54, 1.807) is 43.3 Å². The Morgan fingerprint density at radius 2 is 1.54 bits per heavy atom. The van der Waals surface area contributed by atoms with Crippen LogP contribution >= 0.6 is 11.6 Å². The molecule has 0 aromatic heterocycles. The van der Waals surface area contributed by atoms with Crippen molar-refractivity contribution in [2.24, 2.45) is 0 Å². The minimum absolute atomic E-state index is 0.0322. The topological polar surface area (TPSA) is 86.8 Å². The Morgan fingerprint density at radius 3 is 2.14 bits per heavy atom. The van der Waals surface area contributed by atoms with Gasteiger partial charge in [-0.1, -0.05) is 71.8 Å². The Bertz CT molecular complexity index is 1280. The van der Waals surface area contributed by atoms with Crippen LogP contribution in [-0.2, 0) is 26.2 Å². The molecule has 3 aromatic rings. The molecular formula is C26H28ClN3O4S. The summed E-state index contributed by atoms with van der Waals surface area (Å²) in [4.78, 5) is 27.5. The van der Waals surface area contributed by atoms with Crippen molar-refractivity contribution in [1.82, 2.24) is 10.2 Å². The van der Waals surface area contributed by atoms with Gasteiger partial charge in [-0.25, -0.2) is 8.42 Å². The fraction of sp³-hybridized carbons (Fsp3) is 0.231. The minimum atomic E-state index is -4.15. The van der Waals surface area contributed by atoms with E-state index in [1.807, 2.05) is 37.3 Å². The summed E-state index contributed by atoms with van der Waals surface area (Å²) in [5, 5.41) is 2.74. The monoisotopic (exact) mass is 513 g/mol. The number of nitrogens with zero attached hydrogens (tertiary/aromatic N) is 2. The molecule has 3 rings (SSSR count). The molecule has 3 aromatic carbocycles. The molecule has 0 saturated carbocycles. The van der Waals surface area contributed by atoms with Gasteiger partial charge in [0.2, 0.25) is 11.8 Å². The zero-order valence-electron chi connectivity index (χ0n) is 19.8. The average Bonchev–Trinajstić information content (AvgIpc) is 2.86. The summed E-state index contributed by atoms with van der Waals surface area (Å²) < 4.78 is 28.4. The standard InChI is InChI=1S/C26H28ClN3O4S/c1-19-13-15-22(16-14-19)35(33,34)30(24-12-8-7-11-23(24)27)18-25(31)29(20(2)26(32)28-3)17-21-9-5-4-6-10-21/h4-16,20H,17-18H2,1-3H3,(H,28,32)/t20-/m1/s1. The molecule has 0 fully saturated rings. The Morgan fingerprint density at radius 1 is 0.943 bits per heavy atom. The first kappa shape index (κ1) is 26.2. The third-order valence-corrected chi connectivity index (χ3v) is 7.71. The van der Waals surface area contributed by atoms with Crippen molar-refractivity contribution in [2.45, 2.75) is 31.3 Å². The number of sulfonamides is 1. The van der Waals surface area contributed by atoms with Crippen molar-refractivity contribution in [3.63, 3.8) is 0 Å². The number of halogens is 1. The van der Waals surface area contributed by atoms with E-state index < -0.39 is 28.5 Å². The van der Waals surface area contributed by atoms with Gasteiger partial charge in [-0.3, -0.25) is 13.9 Å². The van der Waals surface area contributed by atoms with Crippen molar-refractivity contribution >= 4 is 39.1 Å². The van der Waals surface area contributed by atoms with Crippen LogP contribution in [-0.4, -0.2) is 44.8 Å². The molecule has 0 aliphatic carbocycles. The smallest absolute Gasteiger partial charge is 0.264 e. The minimum Gasteiger partial charge on any atom is -0.357 e. The Balaban J connectivity index is 2.04. The van der Waals surface area contributed by atoms with Gasteiger partial charge in [0.05, 0.1) is 15.6 Å². The Labute approximate surface area is 211 Å². The summed E-state index contributed by atoms with van der Waals surface area (Å²) in [6.45, 7) is 3.06. The number of rotatable bonds is 9. The quantitative estimate of drug-likeness (QED) is 0.468. The molecule has 0 radical (unpaired) electrons. The Hall–Kier alpha value is -3.36. The molecule has 0 aliphatic heterocycles. The van der Waals surface area contributed by atoms with Gasteiger partial charge in [0.1, 0.15) is 12.6 Å². The number of hydrogen-bond acceptors (Lipinski definition) is 4. The van der Waals surface area contributed by atoms with E-state index in [2.05, 4.69) is 5.32 Å². The predicted octanol–water partition coefficient (Wildman–Crippen LogP) is 4.01. The van der Waals surface area contributed by atoms with Gasteiger partial charge in [0.15, 0.2) is 0 Å². The second-order valence-electron chi connectivity index (χ2n) is 8.07. The van der Waals surface area contributed by atoms with E-state index in [9.17, 15) is 18.0 Å². The molecule has 1 N–H and O–H groups in total. The number of para-hydroxylation sites is 1. The van der Waals surface area contributed by atoms with Gasteiger partial charge < -0.3 is 10.2 Å². The van der Waals surface area contributed by atoms with E-state index in [-0.39, 0.29) is 28.1 Å². The molecule has 0 saturated heterocycles. The summed E-state index contributed by atoms with van der Waals surface area (Å²) >= 11 is 6.37. The zero-order valence-corrected chi connectivity index (χ0v) is 21.4. The lowest BCUT2D eigenvalue weighted by Crippen LogP contribution is -2.50. The second-order valence-corrected chi connectivity index (χ2v) is 10.3. The van der Waals surface area contributed by atoms with Crippen molar-refractivity contribution in [2.75, 3.05) is 17.9 Å². The Kier molecular flexibility index (Phi) is 8.53. The van der Waals surface area contributed by atoms with Crippen molar-refractivity contribution in [3.8, 4) is 0 Å². The van der Waals surface area contributed by atoms with Crippen LogP contribution in [0.2, 0.25) is 5.02 Å². The lowest BCUT2D eigenvalue weighted by molar-refractivity contribution is -0.139. The van der Waals surface area contributed by atoms with Crippen LogP contribution in [0.25, 0.3) is 0 Å². The highest BCUT2D eigenvalue weighted by molar-refractivity contribution is 7.92. The molecule has 0 bridgehead atoms. The van der Waals surface area contributed by atoms with E-state index >= 15 is 0 Å². The number of aryl methyl sites for hydroxylation is 1. The lowest BCUT2D eigenvalue weighted by atomic mass is 10.1. The number of benzene rings is 3. The summed E-state index contributed by atoms with van der Waals surface area (Å²) in [5.41, 5.74) is 1.88. The van der Waals surface area contributed by atoms with E-state index in [0.29, 0.717) is 0 Å². The summed E-state index contributed by atoms with van der Waals surface area (Å²) in [6, 6.07) is 21.2. The summed E-state index contributed by atoms with van der Waals surface area (Å²) in [6.07, 6.45) is 0. The lowest BCUT2D eigenvalue weighted by Gasteiger charge is -2.32. The highest BCUT2D eigenvalue weighted by Crippen LogP contribution is 2.30. The van der Waals surface area contributed by atoms with Crippen LogP contribution in [0.15, 0.2) is 83.8 Å². The molecular weight excluding hydrogens is 486 g/mol. The van der Waals surface area contributed by atoms with Gasteiger partial charge in [-0.2, -0.15) is 0 Å². The van der Waals surface area contributed by atoms with Crippen LogP contribution in [0.3, 0.4) is 0 Å². The molecule has 2 amide bonds. The number of anilines is 1. The van der Waals surface area contributed by atoms with Gasteiger partial charge in [-0.15, -0.1) is 0 Å². The van der Waals surface area contributed by atoms with Crippen molar-refractivity contribution < 1.29 is 18.0 Å². The normalized spacial score (nSPS) is 12.0. The molecule has 1 atom stereocenters. The maximum Gasteiger partial charge on any atom is 0.264 e. The number of likely N-dealkylation sites (N-methyl/N-ethyl adjacent to an activating group) is 1. The van der Waals surface area contributed by atoms with E-state index in [0.717, 1.165) is 15.4 Å². The molecule has 0 spiro atoms. The number of carbonyl (C=O) groups is 2. The zero-order chi connectivity index (χ0) is 25.6. The average molecular weight is 514 g/mol. The number of carbonyl (C=O) groups excluding carboxylic acids is 2. The molecule has 35 heavy (non-hydrogen) atoms. The molecule has 0 unspecified atom stereocenters. The van der Waals surface area contributed by atoms with Crippen LogP contribution < -0.4 is 9.62 Å². The van der Waals surface area contributed by atoms with Crippen LogP contribution in [0.1, 0.15) is 18.1 Å². The first-order chi connectivity index (χ1) is 16.6. The largest absolute Gasteiger partial charge is 0.357 e. The molecule has 184 valence electrons. The third-order valence-electron chi connectivity index (χ3n) is 5.62. The highest BCUT2D eigenvalue weighted by Gasteiger charge is 2.33. The van der Waals surface area contributed by atoms with Gasteiger partial charge in [-0.05, 0) is 43.7 Å². The fourth-order valence-electron chi connectivity index (χ4n) is 3.58. The first-order valence-corrected chi connectivity index (χ1v) is 12.9. The molecule has 0 aliphatic rings. The van der Waals surface area contributed by atoms with E-state index in [1.165, 1.54) is 24.1 Å². The number of hydrogen-bond donors (Lipinski definition) is 1. The number of amides is 2. The number of nitrogens with one attached hydrogen (secondary N) is 1. The highest BCUT2D eigenvalue weighted by atomic mass is 35.5. The third kappa shape index (κ3) is 6.21. The van der Waals surface area contributed by atoms with Crippen LogP contribution in [0.4, 0.5) is 5.69 Å². The maximum atomic E-state index is 13.7. The predicted molar refractivity (Wildman–Crippen MR) is 138 cm³/mol. The van der Waals surface area contributed by atoms with E-state index in [4.69, 9.17) is 11.6 Å². The fourth-order valence-corrected chi connectivity index (χ4v) is 5.30. The SMILES string of the molecule is CNC(=O)[C@@H](C)N(Cc1ccccc1)C(=O)CN(c1ccccc1Cl)S(=O)(=O)c1ccc(C)cc1. The maximum absolute atomic E-state index is 13.7. The second kappa shape index (κ2) is 11.4. The van der Waals surface area contributed by atoms with Crippen LogP contribution in [0.5, 0.6) is 0 Å². The molecule has 0 heterocycles. The van der Waals surface area contributed by atoms with Crippen LogP contribution in [0, 0.1) is 6.92 Å². The van der Waals surface area contributed by atoms with Gasteiger partial charge >= 0.3 is 0 Å². The summed E-state index contributed by atoms with van der Waals surface area (Å²) in [5.74, 6) is -0.902. The van der Waals surface area contributed by atoms with Crippen molar-refractivity contribution in [1.29, 1.82) is 0 Å². The molecule has 9 heteroatoms. The van der Waals surface area contributed by atoms with Gasteiger partial charge in [0, 0.05) is 13.6 Å². The first-order valence-electron chi connectivity index (χ1n) is 11.0.